The van der Waals surface area contributed by atoms with E-state index in [1.54, 1.807) is 7.11 Å². The van der Waals surface area contributed by atoms with Crippen molar-refractivity contribution in [3.8, 4) is 0 Å². The van der Waals surface area contributed by atoms with E-state index < -0.39 is 0 Å². The number of hydrogen-bond donors (Lipinski definition) is 2. The molecule has 0 atom stereocenters. The minimum absolute atomic E-state index is 0.0629. The molecule has 21 heavy (non-hydrogen) atoms. The normalized spacial score (nSPS) is 19.9. The number of hydrogen-bond acceptors (Lipinski definition) is 5. The highest BCUT2D eigenvalue weighted by Crippen LogP contribution is 2.26. The number of nitrogens with zero attached hydrogens (tertiary/aromatic N) is 2. The molecule has 2 amide bonds. The second-order valence-electron chi connectivity index (χ2n) is 5.86. The second kappa shape index (κ2) is 7.72. The van der Waals surface area contributed by atoms with Crippen molar-refractivity contribution in [1.82, 2.24) is 15.2 Å². The van der Waals surface area contributed by atoms with Gasteiger partial charge in [0, 0.05) is 38.7 Å². The van der Waals surface area contributed by atoms with Crippen LogP contribution in [0.1, 0.15) is 25.7 Å². The highest BCUT2D eigenvalue weighted by molar-refractivity contribution is 5.80. The first-order valence-corrected chi connectivity index (χ1v) is 7.67. The van der Waals surface area contributed by atoms with E-state index in [4.69, 9.17) is 10.6 Å². The molecule has 2 aliphatic rings. The van der Waals surface area contributed by atoms with Gasteiger partial charge in [0.05, 0.1) is 13.2 Å². The molecule has 0 radical (unpaired) electrons. The van der Waals surface area contributed by atoms with E-state index in [9.17, 15) is 9.59 Å². The summed E-state index contributed by atoms with van der Waals surface area (Å²) in [4.78, 5) is 27.9. The number of amides is 2. The summed E-state index contributed by atoms with van der Waals surface area (Å²) in [6, 6.07) is 0.546. The summed E-state index contributed by atoms with van der Waals surface area (Å²) >= 11 is 0. The lowest BCUT2D eigenvalue weighted by Gasteiger charge is -2.33. The van der Waals surface area contributed by atoms with E-state index >= 15 is 0 Å². The minimum Gasteiger partial charge on any atom is -0.383 e. The molecule has 0 aromatic heterocycles. The number of carbonyl (C=O) groups excluding carboxylic acids is 2. The lowest BCUT2D eigenvalue weighted by Crippen LogP contribution is -2.48. The minimum atomic E-state index is -0.123. The molecule has 1 saturated heterocycles. The summed E-state index contributed by atoms with van der Waals surface area (Å²) in [6.07, 6.45) is 3.73. The highest BCUT2D eigenvalue weighted by atomic mass is 16.5. The average molecular weight is 298 g/mol. The number of methoxy groups -OCH3 is 1. The van der Waals surface area contributed by atoms with Crippen LogP contribution < -0.4 is 11.3 Å². The number of carbonyl (C=O) groups is 2. The topological polar surface area (TPSA) is 87.9 Å². The molecule has 7 heteroatoms. The van der Waals surface area contributed by atoms with E-state index in [1.807, 2.05) is 4.90 Å². The fourth-order valence-corrected chi connectivity index (χ4v) is 2.82. The number of nitrogens with one attached hydrogen (secondary N) is 1. The second-order valence-corrected chi connectivity index (χ2v) is 5.86. The van der Waals surface area contributed by atoms with Crippen molar-refractivity contribution >= 4 is 11.8 Å². The zero-order chi connectivity index (χ0) is 15.2. The summed E-state index contributed by atoms with van der Waals surface area (Å²) in [7, 11) is 1.68. The summed E-state index contributed by atoms with van der Waals surface area (Å²) in [5, 5.41) is 0. The first kappa shape index (κ1) is 16.2. The maximum Gasteiger partial charge on any atom is 0.237 e. The Morgan fingerprint density at radius 3 is 2.48 bits per heavy atom. The SMILES string of the molecule is COCCN(CC(=O)N1CCC(C(=O)NN)CC1)C1CC1. The van der Waals surface area contributed by atoms with Gasteiger partial charge in [-0.1, -0.05) is 0 Å². The largest absolute Gasteiger partial charge is 0.383 e. The molecule has 0 aromatic carbocycles. The van der Waals surface area contributed by atoms with Crippen LogP contribution in [0.2, 0.25) is 0 Å². The highest BCUT2D eigenvalue weighted by Gasteiger charge is 2.32. The maximum absolute atomic E-state index is 12.4. The molecule has 0 unspecified atom stereocenters. The molecule has 0 aromatic rings. The van der Waals surface area contributed by atoms with Gasteiger partial charge in [-0.3, -0.25) is 19.9 Å². The number of ether oxygens (including phenoxy) is 1. The molecule has 0 spiro atoms. The van der Waals surface area contributed by atoms with Gasteiger partial charge in [-0.25, -0.2) is 5.84 Å². The third-order valence-corrected chi connectivity index (χ3v) is 4.34. The Bertz CT molecular complexity index is 365. The van der Waals surface area contributed by atoms with Crippen LogP contribution in [0, 0.1) is 5.92 Å². The zero-order valence-corrected chi connectivity index (χ0v) is 12.7. The third-order valence-electron chi connectivity index (χ3n) is 4.34. The van der Waals surface area contributed by atoms with Gasteiger partial charge >= 0.3 is 0 Å². The van der Waals surface area contributed by atoms with Crippen LogP contribution in [0.5, 0.6) is 0 Å². The molecular formula is C14H26N4O3. The Morgan fingerprint density at radius 1 is 1.29 bits per heavy atom. The summed E-state index contributed by atoms with van der Waals surface area (Å²) in [5.41, 5.74) is 2.19. The third kappa shape index (κ3) is 4.66. The maximum atomic E-state index is 12.4. The standard InChI is InChI=1S/C14H26N4O3/c1-21-9-8-18(12-2-3-12)10-13(19)17-6-4-11(5-7-17)14(20)16-15/h11-12H,2-10,15H2,1H3,(H,16,20). The average Bonchev–Trinajstić information content (AvgIpc) is 3.35. The van der Waals surface area contributed by atoms with Gasteiger partial charge in [0.1, 0.15) is 0 Å². The smallest absolute Gasteiger partial charge is 0.237 e. The number of hydrazine groups is 1. The van der Waals surface area contributed by atoms with Gasteiger partial charge in [-0.15, -0.1) is 0 Å². The molecular weight excluding hydrogens is 272 g/mol. The first-order valence-electron chi connectivity index (χ1n) is 7.67. The van der Waals surface area contributed by atoms with Crippen LogP contribution in [0.15, 0.2) is 0 Å². The Balaban J connectivity index is 1.77. The van der Waals surface area contributed by atoms with Gasteiger partial charge in [-0.05, 0) is 25.7 Å². The lowest BCUT2D eigenvalue weighted by molar-refractivity contribution is -0.136. The van der Waals surface area contributed by atoms with Crippen molar-refractivity contribution in [3.63, 3.8) is 0 Å². The van der Waals surface area contributed by atoms with Crippen LogP contribution in [-0.2, 0) is 14.3 Å². The van der Waals surface area contributed by atoms with E-state index in [2.05, 4.69) is 10.3 Å². The molecule has 120 valence electrons. The van der Waals surface area contributed by atoms with Crippen molar-refractivity contribution in [2.45, 2.75) is 31.7 Å². The van der Waals surface area contributed by atoms with Crippen LogP contribution in [0.4, 0.5) is 0 Å². The monoisotopic (exact) mass is 298 g/mol. The lowest BCUT2D eigenvalue weighted by atomic mass is 9.96. The number of piperidine rings is 1. The molecule has 3 N–H and O–H groups in total. The molecule has 1 aliphatic heterocycles. The summed E-state index contributed by atoms with van der Waals surface area (Å²) < 4.78 is 5.11. The molecule has 1 aliphatic carbocycles. The Morgan fingerprint density at radius 2 is 1.95 bits per heavy atom. The fourth-order valence-electron chi connectivity index (χ4n) is 2.82. The van der Waals surface area contributed by atoms with Crippen LogP contribution in [0.25, 0.3) is 0 Å². The number of nitrogens with two attached hydrogens (primary N) is 1. The van der Waals surface area contributed by atoms with Gasteiger partial charge in [0.2, 0.25) is 11.8 Å². The van der Waals surface area contributed by atoms with Crippen molar-refractivity contribution in [2.24, 2.45) is 11.8 Å². The summed E-state index contributed by atoms with van der Waals surface area (Å²) in [5.74, 6) is 5.12. The molecule has 7 nitrogen and oxygen atoms in total. The molecule has 2 fully saturated rings. The molecule has 1 saturated carbocycles. The van der Waals surface area contributed by atoms with Crippen molar-refractivity contribution < 1.29 is 14.3 Å². The van der Waals surface area contributed by atoms with Crippen LogP contribution in [-0.4, -0.2) is 67.6 Å². The fraction of sp³-hybridized carbons (Fsp3) is 0.857. The quantitative estimate of drug-likeness (QED) is 0.370. The number of rotatable bonds is 7. The van der Waals surface area contributed by atoms with Gasteiger partial charge in [-0.2, -0.15) is 0 Å². The van der Waals surface area contributed by atoms with Gasteiger partial charge < -0.3 is 9.64 Å². The molecule has 0 bridgehead atoms. The Labute approximate surface area is 125 Å². The van der Waals surface area contributed by atoms with Crippen molar-refractivity contribution in [3.05, 3.63) is 0 Å². The zero-order valence-electron chi connectivity index (χ0n) is 12.7. The Hall–Kier alpha value is -1.18. The molecule has 1 heterocycles. The van der Waals surface area contributed by atoms with E-state index in [0.717, 1.165) is 6.54 Å². The first-order chi connectivity index (χ1) is 10.2. The predicted molar refractivity (Wildman–Crippen MR) is 78.1 cm³/mol. The van der Waals surface area contributed by atoms with E-state index in [-0.39, 0.29) is 17.7 Å². The van der Waals surface area contributed by atoms with E-state index in [1.165, 1.54) is 12.8 Å². The summed E-state index contributed by atoms with van der Waals surface area (Å²) in [6.45, 7) is 3.20. The van der Waals surface area contributed by atoms with Gasteiger partial charge in [0.25, 0.3) is 0 Å². The van der Waals surface area contributed by atoms with Crippen molar-refractivity contribution in [1.29, 1.82) is 0 Å². The predicted octanol–water partition coefficient (Wildman–Crippen LogP) is -0.674. The van der Waals surface area contributed by atoms with Crippen molar-refractivity contribution in [2.75, 3.05) is 39.9 Å². The van der Waals surface area contributed by atoms with Gasteiger partial charge in [0.15, 0.2) is 0 Å². The Kier molecular flexibility index (Phi) is 5.96. The molecule has 2 rings (SSSR count). The number of likely N-dealkylation sites (tertiary alicyclic amines) is 1. The van der Waals surface area contributed by atoms with Crippen LogP contribution in [0.3, 0.4) is 0 Å². The van der Waals surface area contributed by atoms with Crippen LogP contribution >= 0.6 is 0 Å². The van der Waals surface area contributed by atoms with E-state index in [0.29, 0.717) is 45.1 Å².